The lowest BCUT2D eigenvalue weighted by Crippen LogP contribution is -2.29. The Labute approximate surface area is 79.1 Å². The summed E-state index contributed by atoms with van der Waals surface area (Å²) in [6.45, 7) is 3.41. The predicted molar refractivity (Wildman–Crippen MR) is 58.8 cm³/mol. The molecule has 0 aliphatic heterocycles. The Hall–Kier alpha value is 0.660. The molecule has 0 aromatic carbocycles. The highest BCUT2D eigenvalue weighted by Crippen LogP contribution is 1.97. The van der Waals surface area contributed by atoms with Crippen molar-refractivity contribution in [1.82, 2.24) is 5.32 Å². The molecule has 1 nitrogen and oxygen atoms in total. The minimum absolute atomic E-state index is 0.673. The predicted octanol–water partition coefficient (Wildman–Crippen LogP) is 2.08. The molecular formula is C8H19NS2. The topological polar surface area (TPSA) is 12.0 Å². The van der Waals surface area contributed by atoms with Gasteiger partial charge in [-0.15, -0.1) is 0 Å². The molecule has 0 rings (SSSR count). The van der Waals surface area contributed by atoms with Crippen LogP contribution in [-0.4, -0.2) is 36.6 Å². The van der Waals surface area contributed by atoms with Gasteiger partial charge in [-0.05, 0) is 38.2 Å². The molecular weight excluding hydrogens is 174 g/mol. The summed E-state index contributed by atoms with van der Waals surface area (Å²) in [5, 5.41) is 3.48. The molecule has 0 heterocycles. The molecule has 0 amide bonds. The summed E-state index contributed by atoms with van der Waals surface area (Å²) < 4.78 is 0. The third-order valence-electron chi connectivity index (χ3n) is 1.43. The van der Waals surface area contributed by atoms with Crippen molar-refractivity contribution in [3.63, 3.8) is 0 Å². The standard InChI is InChI=1S/C8H19NS2/c1-8(7-11-3)9-5-4-6-10-2/h8-9H,4-7H2,1-3H3. The molecule has 1 atom stereocenters. The lowest BCUT2D eigenvalue weighted by Gasteiger charge is -2.11. The van der Waals surface area contributed by atoms with Gasteiger partial charge in [-0.2, -0.15) is 23.5 Å². The Morgan fingerprint density at radius 3 is 2.55 bits per heavy atom. The third kappa shape index (κ3) is 8.57. The number of rotatable bonds is 7. The van der Waals surface area contributed by atoms with Gasteiger partial charge in [0.15, 0.2) is 0 Å². The van der Waals surface area contributed by atoms with E-state index >= 15 is 0 Å². The van der Waals surface area contributed by atoms with Crippen molar-refractivity contribution >= 4 is 23.5 Å². The monoisotopic (exact) mass is 193 g/mol. The molecule has 1 unspecified atom stereocenters. The lowest BCUT2D eigenvalue weighted by molar-refractivity contribution is 0.592. The van der Waals surface area contributed by atoms with Gasteiger partial charge in [0.1, 0.15) is 0 Å². The Morgan fingerprint density at radius 1 is 1.27 bits per heavy atom. The molecule has 0 aliphatic carbocycles. The van der Waals surface area contributed by atoms with Crippen LogP contribution in [0.4, 0.5) is 0 Å². The Kier molecular flexibility index (Phi) is 9.28. The molecule has 11 heavy (non-hydrogen) atoms. The quantitative estimate of drug-likeness (QED) is 0.622. The van der Waals surface area contributed by atoms with Crippen LogP contribution in [-0.2, 0) is 0 Å². The third-order valence-corrected chi connectivity index (χ3v) is 2.96. The van der Waals surface area contributed by atoms with E-state index < -0.39 is 0 Å². The number of hydrogen-bond donors (Lipinski definition) is 1. The molecule has 1 N–H and O–H groups in total. The smallest absolute Gasteiger partial charge is 0.0129 e. The van der Waals surface area contributed by atoms with E-state index in [1.165, 1.54) is 24.5 Å². The Balaban J connectivity index is 2.97. The van der Waals surface area contributed by atoms with Crippen molar-refractivity contribution in [2.45, 2.75) is 19.4 Å². The summed E-state index contributed by atoms with van der Waals surface area (Å²) in [5.41, 5.74) is 0. The lowest BCUT2D eigenvalue weighted by atomic mass is 10.3. The first-order valence-electron chi connectivity index (χ1n) is 4.02. The van der Waals surface area contributed by atoms with E-state index in [9.17, 15) is 0 Å². The van der Waals surface area contributed by atoms with Gasteiger partial charge in [0, 0.05) is 11.8 Å². The van der Waals surface area contributed by atoms with Crippen LogP contribution in [0.5, 0.6) is 0 Å². The van der Waals surface area contributed by atoms with Crippen LogP contribution in [0, 0.1) is 0 Å². The molecule has 0 aliphatic rings. The zero-order valence-electron chi connectivity index (χ0n) is 7.72. The minimum atomic E-state index is 0.673. The fourth-order valence-electron chi connectivity index (χ4n) is 0.874. The van der Waals surface area contributed by atoms with Gasteiger partial charge < -0.3 is 5.32 Å². The molecule has 0 aromatic rings. The molecule has 0 saturated carbocycles. The highest BCUT2D eigenvalue weighted by Gasteiger charge is 1.97. The van der Waals surface area contributed by atoms with E-state index in [0.29, 0.717) is 6.04 Å². The van der Waals surface area contributed by atoms with Crippen molar-refractivity contribution in [2.75, 3.05) is 30.6 Å². The van der Waals surface area contributed by atoms with Gasteiger partial charge in [-0.25, -0.2) is 0 Å². The van der Waals surface area contributed by atoms with Gasteiger partial charge in [-0.3, -0.25) is 0 Å². The van der Waals surface area contributed by atoms with Gasteiger partial charge >= 0.3 is 0 Å². The maximum Gasteiger partial charge on any atom is 0.0129 e. The summed E-state index contributed by atoms with van der Waals surface area (Å²) >= 11 is 3.83. The number of nitrogens with one attached hydrogen (secondary N) is 1. The first-order chi connectivity index (χ1) is 5.31. The molecule has 0 radical (unpaired) electrons. The SMILES string of the molecule is CSCCCNC(C)CSC. The highest BCUT2D eigenvalue weighted by atomic mass is 32.2. The zero-order chi connectivity index (χ0) is 8.53. The fourth-order valence-corrected chi connectivity index (χ4v) is 1.92. The van der Waals surface area contributed by atoms with Crippen molar-refractivity contribution in [3.05, 3.63) is 0 Å². The normalized spacial score (nSPS) is 13.4. The number of hydrogen-bond acceptors (Lipinski definition) is 3. The highest BCUT2D eigenvalue weighted by molar-refractivity contribution is 7.98. The molecule has 0 aromatic heterocycles. The molecule has 68 valence electrons. The minimum Gasteiger partial charge on any atom is -0.313 e. The van der Waals surface area contributed by atoms with Crippen LogP contribution in [0.25, 0.3) is 0 Å². The second-order valence-corrected chi connectivity index (χ2v) is 4.55. The van der Waals surface area contributed by atoms with E-state index in [1.807, 2.05) is 23.5 Å². The van der Waals surface area contributed by atoms with Crippen LogP contribution in [0.15, 0.2) is 0 Å². The molecule has 0 spiro atoms. The average molecular weight is 193 g/mol. The summed E-state index contributed by atoms with van der Waals surface area (Å²) in [4.78, 5) is 0. The summed E-state index contributed by atoms with van der Waals surface area (Å²) in [6, 6.07) is 0.673. The first-order valence-corrected chi connectivity index (χ1v) is 6.81. The van der Waals surface area contributed by atoms with Crippen LogP contribution < -0.4 is 5.32 Å². The molecule has 3 heteroatoms. The maximum absolute atomic E-state index is 3.48. The van der Waals surface area contributed by atoms with Gasteiger partial charge in [-0.1, -0.05) is 0 Å². The second-order valence-electron chi connectivity index (χ2n) is 2.66. The molecule has 0 saturated heterocycles. The van der Waals surface area contributed by atoms with Crippen molar-refractivity contribution in [3.8, 4) is 0 Å². The van der Waals surface area contributed by atoms with Gasteiger partial charge in [0.2, 0.25) is 0 Å². The van der Waals surface area contributed by atoms with Crippen molar-refractivity contribution in [2.24, 2.45) is 0 Å². The van der Waals surface area contributed by atoms with E-state index in [0.717, 1.165) is 0 Å². The van der Waals surface area contributed by atoms with Gasteiger partial charge in [0.25, 0.3) is 0 Å². The molecule has 0 bridgehead atoms. The van der Waals surface area contributed by atoms with Crippen molar-refractivity contribution < 1.29 is 0 Å². The van der Waals surface area contributed by atoms with Crippen LogP contribution in [0.2, 0.25) is 0 Å². The summed E-state index contributed by atoms with van der Waals surface area (Å²) in [7, 11) is 0. The Bertz CT molecular complexity index is 78.5. The van der Waals surface area contributed by atoms with Crippen LogP contribution in [0.3, 0.4) is 0 Å². The van der Waals surface area contributed by atoms with Crippen molar-refractivity contribution in [1.29, 1.82) is 0 Å². The van der Waals surface area contributed by atoms with Crippen LogP contribution in [0.1, 0.15) is 13.3 Å². The molecule has 0 fully saturated rings. The van der Waals surface area contributed by atoms with E-state index in [2.05, 4.69) is 24.8 Å². The summed E-state index contributed by atoms with van der Waals surface area (Å²) in [6.07, 6.45) is 5.60. The second kappa shape index (κ2) is 8.75. The maximum atomic E-state index is 3.48. The fraction of sp³-hybridized carbons (Fsp3) is 1.00. The first kappa shape index (κ1) is 11.7. The number of thioether (sulfide) groups is 2. The van der Waals surface area contributed by atoms with Crippen LogP contribution >= 0.6 is 23.5 Å². The Morgan fingerprint density at radius 2 is 2.00 bits per heavy atom. The average Bonchev–Trinajstić information content (AvgIpc) is 1.99. The van der Waals surface area contributed by atoms with E-state index in [4.69, 9.17) is 0 Å². The van der Waals surface area contributed by atoms with Gasteiger partial charge in [0.05, 0.1) is 0 Å². The summed E-state index contributed by atoms with van der Waals surface area (Å²) in [5.74, 6) is 2.50. The van der Waals surface area contributed by atoms with E-state index in [-0.39, 0.29) is 0 Å². The largest absolute Gasteiger partial charge is 0.313 e. The zero-order valence-corrected chi connectivity index (χ0v) is 9.36. The van der Waals surface area contributed by atoms with E-state index in [1.54, 1.807) is 0 Å².